The fraction of sp³-hybridized carbons (Fsp3) is 0.294. The number of anilines is 1. The number of benzene rings is 1. The minimum atomic E-state index is -0.921. The van der Waals surface area contributed by atoms with Gasteiger partial charge in [-0.15, -0.1) is 0 Å². The zero-order chi connectivity index (χ0) is 20.0. The summed E-state index contributed by atoms with van der Waals surface area (Å²) >= 11 is 10.5. The predicted molar refractivity (Wildman–Crippen MR) is 107 cm³/mol. The molecule has 0 saturated heterocycles. The number of hydrogen-bond acceptors (Lipinski definition) is 6. The maximum absolute atomic E-state index is 12.4. The first-order chi connectivity index (χ1) is 12.8. The van der Waals surface area contributed by atoms with Crippen LogP contribution < -0.4 is 10.6 Å². The monoisotopic (exact) mass is 473 g/mol. The van der Waals surface area contributed by atoms with E-state index < -0.39 is 30.4 Å². The molecule has 0 aliphatic heterocycles. The molecule has 0 saturated carbocycles. The van der Waals surface area contributed by atoms with E-state index in [0.717, 1.165) is 3.79 Å². The zero-order valence-corrected chi connectivity index (χ0v) is 17.7. The molecular formula is C17H17BrClN3O4S. The number of rotatable bonds is 7. The first-order valence-corrected chi connectivity index (χ1v) is 9.90. The zero-order valence-electron chi connectivity index (χ0n) is 14.5. The summed E-state index contributed by atoms with van der Waals surface area (Å²) in [5, 5.41) is 5.78. The van der Waals surface area contributed by atoms with Crippen LogP contribution in [0, 0.1) is 5.92 Å². The third-order valence-electron chi connectivity index (χ3n) is 3.40. The average Bonchev–Trinajstić information content (AvgIpc) is 3.02. The summed E-state index contributed by atoms with van der Waals surface area (Å²) in [6, 6.07) is 5.59. The quantitative estimate of drug-likeness (QED) is 0.599. The Balaban J connectivity index is 1.93. The molecule has 0 radical (unpaired) electrons. The summed E-state index contributed by atoms with van der Waals surface area (Å²) in [6.07, 6.45) is 1.55. The van der Waals surface area contributed by atoms with E-state index in [1.54, 1.807) is 44.3 Å². The lowest BCUT2D eigenvalue weighted by Crippen LogP contribution is -2.46. The lowest BCUT2D eigenvalue weighted by molar-refractivity contribution is -0.150. The molecule has 0 fully saturated rings. The molecule has 2 rings (SSSR count). The molecule has 27 heavy (non-hydrogen) atoms. The Morgan fingerprint density at radius 1 is 1.30 bits per heavy atom. The van der Waals surface area contributed by atoms with E-state index >= 15 is 0 Å². The highest BCUT2D eigenvalue weighted by Gasteiger charge is 2.27. The van der Waals surface area contributed by atoms with Crippen molar-refractivity contribution in [3.05, 3.63) is 44.8 Å². The third-order valence-corrected chi connectivity index (χ3v) is 5.12. The second-order valence-electron chi connectivity index (χ2n) is 5.80. The molecule has 0 aliphatic rings. The standard InChI is InChI=1S/C17H17BrClN3O4S/c1-9(2)14(22-15(24)10-5-3-4-6-11(10)19)16(25)26-8-13(23)21-17-20-7-12(18)27-17/h3-7,9,14H,8H2,1-2H3,(H,22,24)(H,20,21,23). The van der Waals surface area contributed by atoms with Crippen LogP contribution in [0.2, 0.25) is 5.02 Å². The number of thiazole rings is 1. The number of aromatic nitrogens is 1. The van der Waals surface area contributed by atoms with Crippen molar-refractivity contribution >= 4 is 61.8 Å². The number of nitrogens with zero attached hydrogens (tertiary/aromatic N) is 1. The smallest absolute Gasteiger partial charge is 0.329 e. The third kappa shape index (κ3) is 6.30. The fourth-order valence-corrected chi connectivity index (χ4v) is 3.40. The fourth-order valence-electron chi connectivity index (χ4n) is 2.06. The number of halogens is 2. The summed E-state index contributed by atoms with van der Waals surface area (Å²) < 4.78 is 5.80. The highest BCUT2D eigenvalue weighted by Crippen LogP contribution is 2.23. The Morgan fingerprint density at radius 3 is 2.59 bits per heavy atom. The molecule has 0 spiro atoms. The van der Waals surface area contributed by atoms with Crippen molar-refractivity contribution in [3.63, 3.8) is 0 Å². The number of nitrogens with one attached hydrogen (secondary N) is 2. The van der Waals surface area contributed by atoms with Gasteiger partial charge < -0.3 is 10.1 Å². The normalized spacial score (nSPS) is 11.7. The van der Waals surface area contributed by atoms with Crippen LogP contribution >= 0.6 is 38.9 Å². The Kier molecular flexibility index (Phi) is 7.76. The molecular weight excluding hydrogens is 458 g/mol. The molecule has 2 aromatic rings. The van der Waals surface area contributed by atoms with Crippen molar-refractivity contribution in [2.45, 2.75) is 19.9 Å². The second-order valence-corrected chi connectivity index (χ2v) is 8.62. The van der Waals surface area contributed by atoms with Gasteiger partial charge in [0.25, 0.3) is 11.8 Å². The molecule has 1 atom stereocenters. The van der Waals surface area contributed by atoms with Crippen LogP contribution in [0.3, 0.4) is 0 Å². The van der Waals surface area contributed by atoms with E-state index in [1.165, 1.54) is 11.3 Å². The van der Waals surface area contributed by atoms with Crippen LogP contribution in [-0.2, 0) is 14.3 Å². The Morgan fingerprint density at radius 2 is 2.00 bits per heavy atom. The van der Waals surface area contributed by atoms with Crippen LogP contribution in [0.1, 0.15) is 24.2 Å². The van der Waals surface area contributed by atoms with Crippen molar-refractivity contribution in [3.8, 4) is 0 Å². The molecule has 1 heterocycles. The van der Waals surface area contributed by atoms with E-state index in [2.05, 4.69) is 31.5 Å². The van der Waals surface area contributed by atoms with E-state index in [9.17, 15) is 14.4 Å². The van der Waals surface area contributed by atoms with Crippen molar-refractivity contribution in [2.75, 3.05) is 11.9 Å². The molecule has 0 aliphatic carbocycles. The van der Waals surface area contributed by atoms with Crippen LogP contribution in [0.25, 0.3) is 0 Å². The van der Waals surface area contributed by atoms with Gasteiger partial charge in [0.1, 0.15) is 6.04 Å². The largest absolute Gasteiger partial charge is 0.454 e. The van der Waals surface area contributed by atoms with Gasteiger partial charge in [-0.1, -0.05) is 48.9 Å². The molecule has 1 unspecified atom stereocenters. The number of carbonyl (C=O) groups excluding carboxylic acids is 3. The Labute approximate surface area is 173 Å². The summed E-state index contributed by atoms with van der Waals surface area (Å²) in [6.45, 7) is 3.03. The van der Waals surface area contributed by atoms with Crippen LogP contribution in [0.15, 0.2) is 34.2 Å². The van der Waals surface area contributed by atoms with Crippen molar-refractivity contribution in [2.24, 2.45) is 5.92 Å². The van der Waals surface area contributed by atoms with Gasteiger partial charge in [-0.3, -0.25) is 14.9 Å². The van der Waals surface area contributed by atoms with Crippen LogP contribution in [0.5, 0.6) is 0 Å². The summed E-state index contributed by atoms with van der Waals surface area (Å²) in [7, 11) is 0. The molecule has 7 nitrogen and oxygen atoms in total. The first-order valence-electron chi connectivity index (χ1n) is 7.91. The van der Waals surface area contributed by atoms with Gasteiger partial charge in [0.2, 0.25) is 0 Å². The molecule has 1 aromatic carbocycles. The molecule has 2 N–H and O–H groups in total. The van der Waals surface area contributed by atoms with Crippen molar-refractivity contribution in [1.29, 1.82) is 0 Å². The number of amides is 2. The number of esters is 1. The summed E-state index contributed by atoms with van der Waals surface area (Å²) in [4.78, 5) is 40.5. The Bertz CT molecular complexity index is 843. The molecule has 2 amide bonds. The van der Waals surface area contributed by atoms with Crippen molar-refractivity contribution in [1.82, 2.24) is 10.3 Å². The number of ether oxygens (including phenoxy) is 1. The lowest BCUT2D eigenvalue weighted by atomic mass is 10.0. The van der Waals surface area contributed by atoms with E-state index in [-0.39, 0.29) is 16.5 Å². The SMILES string of the molecule is CC(C)C(NC(=O)c1ccccc1Cl)C(=O)OCC(=O)Nc1ncc(Br)s1. The lowest BCUT2D eigenvalue weighted by Gasteiger charge is -2.21. The highest BCUT2D eigenvalue weighted by molar-refractivity contribution is 9.11. The van der Waals surface area contributed by atoms with E-state index in [1.807, 2.05) is 0 Å². The summed E-state index contributed by atoms with van der Waals surface area (Å²) in [5.41, 5.74) is 0.254. The summed E-state index contributed by atoms with van der Waals surface area (Å²) in [5.74, 6) is -1.97. The van der Waals surface area contributed by atoms with Crippen LogP contribution in [-0.4, -0.2) is 35.4 Å². The second kappa shape index (κ2) is 9.82. The van der Waals surface area contributed by atoms with E-state index in [0.29, 0.717) is 5.13 Å². The first kappa shape index (κ1) is 21.3. The van der Waals surface area contributed by atoms with Gasteiger partial charge >= 0.3 is 5.97 Å². The molecule has 1 aromatic heterocycles. The maximum Gasteiger partial charge on any atom is 0.329 e. The minimum absolute atomic E-state index is 0.248. The molecule has 144 valence electrons. The van der Waals surface area contributed by atoms with Gasteiger partial charge in [0, 0.05) is 0 Å². The van der Waals surface area contributed by atoms with Crippen LogP contribution in [0.4, 0.5) is 5.13 Å². The Hall–Kier alpha value is -1.97. The average molecular weight is 475 g/mol. The molecule has 10 heteroatoms. The maximum atomic E-state index is 12.4. The predicted octanol–water partition coefficient (Wildman–Crippen LogP) is 3.50. The minimum Gasteiger partial charge on any atom is -0.454 e. The van der Waals surface area contributed by atoms with Gasteiger partial charge in [-0.05, 0) is 34.0 Å². The van der Waals surface area contributed by atoms with Gasteiger partial charge in [0.05, 0.1) is 20.6 Å². The van der Waals surface area contributed by atoms with Crippen molar-refractivity contribution < 1.29 is 19.1 Å². The highest BCUT2D eigenvalue weighted by atomic mass is 79.9. The van der Waals surface area contributed by atoms with Gasteiger partial charge in [-0.2, -0.15) is 0 Å². The van der Waals surface area contributed by atoms with Gasteiger partial charge in [-0.25, -0.2) is 9.78 Å². The molecule has 0 bridgehead atoms. The van der Waals surface area contributed by atoms with E-state index in [4.69, 9.17) is 16.3 Å². The number of carbonyl (C=O) groups is 3. The van der Waals surface area contributed by atoms with Gasteiger partial charge in [0.15, 0.2) is 11.7 Å². The number of hydrogen-bond donors (Lipinski definition) is 2. The topological polar surface area (TPSA) is 97.4 Å².